The van der Waals surface area contributed by atoms with Crippen LogP contribution in [0.2, 0.25) is 0 Å². The summed E-state index contributed by atoms with van der Waals surface area (Å²) in [7, 11) is 0. The molecular weight excluding hydrogens is 400 g/mol. The first-order chi connectivity index (χ1) is 15.4. The number of aryl methyl sites for hydroxylation is 2. The van der Waals surface area contributed by atoms with Gasteiger partial charge >= 0.3 is 0 Å². The summed E-state index contributed by atoms with van der Waals surface area (Å²) in [5, 5.41) is 2.94. The first-order valence-electron chi connectivity index (χ1n) is 10.9. The molecule has 1 atom stereocenters. The second kappa shape index (κ2) is 9.27. The topological polar surface area (TPSA) is 64.4 Å². The average Bonchev–Trinajstić information content (AvgIpc) is 3.22. The molecule has 0 aliphatic carbocycles. The summed E-state index contributed by atoms with van der Waals surface area (Å²) in [6.45, 7) is 8.27. The van der Waals surface area contributed by atoms with Crippen LogP contribution in [0.4, 0.5) is 5.69 Å². The van der Waals surface area contributed by atoms with E-state index in [1.807, 2.05) is 62.4 Å². The predicted molar refractivity (Wildman–Crippen MR) is 128 cm³/mol. The fraction of sp³-hybridized carbons (Fsp3) is 0.259. The summed E-state index contributed by atoms with van der Waals surface area (Å²) in [5.74, 6) is 1.50. The number of fused-ring (bicyclic) bond motifs is 1. The van der Waals surface area contributed by atoms with Gasteiger partial charge in [0.05, 0.1) is 0 Å². The zero-order chi connectivity index (χ0) is 22.7. The Morgan fingerprint density at radius 3 is 2.59 bits per heavy atom. The number of aromatic nitrogens is 1. The summed E-state index contributed by atoms with van der Waals surface area (Å²) >= 11 is 0. The van der Waals surface area contributed by atoms with E-state index in [1.54, 1.807) is 0 Å². The van der Waals surface area contributed by atoms with Crippen LogP contribution >= 0.6 is 0 Å². The number of carbonyl (C=O) groups excluding carboxylic acids is 1. The lowest BCUT2D eigenvalue weighted by atomic mass is 9.99. The van der Waals surface area contributed by atoms with Gasteiger partial charge < -0.3 is 14.5 Å². The minimum Gasteiger partial charge on any atom is -0.484 e. The molecule has 0 saturated heterocycles. The highest BCUT2D eigenvalue weighted by Crippen LogP contribution is 2.28. The Morgan fingerprint density at radius 2 is 1.84 bits per heavy atom. The molecule has 5 nitrogen and oxygen atoms in total. The molecule has 32 heavy (non-hydrogen) atoms. The molecule has 0 saturated carbocycles. The van der Waals surface area contributed by atoms with Crippen LogP contribution < -0.4 is 10.1 Å². The third kappa shape index (κ3) is 4.83. The summed E-state index contributed by atoms with van der Waals surface area (Å²) < 4.78 is 11.6. The fourth-order valence-corrected chi connectivity index (χ4v) is 3.51. The van der Waals surface area contributed by atoms with Gasteiger partial charge in [-0.25, -0.2) is 4.98 Å². The quantitative estimate of drug-likeness (QED) is 0.358. The summed E-state index contributed by atoms with van der Waals surface area (Å²) in [4.78, 5) is 17.1. The number of hydrogen-bond acceptors (Lipinski definition) is 4. The van der Waals surface area contributed by atoms with Crippen LogP contribution in [-0.2, 0) is 4.79 Å². The molecule has 0 aliphatic heterocycles. The van der Waals surface area contributed by atoms with Gasteiger partial charge in [-0.3, -0.25) is 4.79 Å². The van der Waals surface area contributed by atoms with Gasteiger partial charge in [0.25, 0.3) is 5.91 Å². The SMILES string of the molecule is CC[C@@H](C)c1ccc(OCC(=O)Nc2cc(-c3nc4cc(C)ccc4o3)ccc2C)cc1. The van der Waals surface area contributed by atoms with E-state index in [0.717, 1.165) is 34.2 Å². The molecule has 0 bridgehead atoms. The van der Waals surface area contributed by atoms with Gasteiger partial charge in [-0.2, -0.15) is 0 Å². The van der Waals surface area contributed by atoms with Crippen molar-refractivity contribution in [3.63, 3.8) is 0 Å². The molecule has 0 fully saturated rings. The monoisotopic (exact) mass is 428 g/mol. The lowest BCUT2D eigenvalue weighted by molar-refractivity contribution is -0.118. The Bertz CT molecular complexity index is 1240. The number of rotatable bonds is 7. The molecule has 1 aromatic heterocycles. The molecular formula is C27H28N2O3. The molecule has 0 spiro atoms. The van der Waals surface area contributed by atoms with E-state index in [2.05, 4.69) is 36.3 Å². The van der Waals surface area contributed by atoms with E-state index in [0.29, 0.717) is 23.2 Å². The van der Waals surface area contributed by atoms with Crippen molar-refractivity contribution in [1.82, 2.24) is 4.98 Å². The van der Waals surface area contributed by atoms with Crippen molar-refractivity contribution in [1.29, 1.82) is 0 Å². The maximum atomic E-state index is 12.5. The molecule has 4 rings (SSSR count). The number of oxazole rings is 1. The minimum atomic E-state index is -0.218. The molecule has 0 unspecified atom stereocenters. The number of carbonyl (C=O) groups is 1. The Balaban J connectivity index is 1.43. The van der Waals surface area contributed by atoms with Crippen LogP contribution in [-0.4, -0.2) is 17.5 Å². The van der Waals surface area contributed by atoms with Crippen molar-refractivity contribution < 1.29 is 13.9 Å². The van der Waals surface area contributed by atoms with Crippen LogP contribution in [0, 0.1) is 13.8 Å². The second-order valence-corrected chi connectivity index (χ2v) is 8.24. The van der Waals surface area contributed by atoms with Crippen molar-refractivity contribution >= 4 is 22.7 Å². The molecule has 164 valence electrons. The van der Waals surface area contributed by atoms with E-state index in [4.69, 9.17) is 9.15 Å². The Labute approximate surface area is 188 Å². The fourth-order valence-electron chi connectivity index (χ4n) is 3.51. The highest BCUT2D eigenvalue weighted by atomic mass is 16.5. The molecule has 3 aromatic carbocycles. The highest BCUT2D eigenvalue weighted by molar-refractivity contribution is 5.93. The van der Waals surface area contributed by atoms with Gasteiger partial charge in [0.2, 0.25) is 5.89 Å². The second-order valence-electron chi connectivity index (χ2n) is 8.24. The predicted octanol–water partition coefficient (Wildman–Crippen LogP) is 6.64. The van der Waals surface area contributed by atoms with Gasteiger partial charge in [-0.15, -0.1) is 0 Å². The van der Waals surface area contributed by atoms with E-state index in [1.165, 1.54) is 5.56 Å². The van der Waals surface area contributed by atoms with Gasteiger partial charge in [-0.1, -0.05) is 38.1 Å². The molecule has 1 heterocycles. The van der Waals surface area contributed by atoms with Gasteiger partial charge in [-0.05, 0) is 79.3 Å². The molecule has 5 heteroatoms. The third-order valence-corrected chi connectivity index (χ3v) is 5.73. The normalized spacial score (nSPS) is 12.0. The molecule has 0 radical (unpaired) electrons. The standard InChI is InChI=1S/C27H28N2O3/c1-5-18(3)20-9-11-22(12-10-20)31-16-26(30)28-23-15-21(8-7-19(23)4)27-29-24-14-17(2)6-13-25(24)32-27/h6-15,18H,5,16H2,1-4H3,(H,28,30)/t18-/m1/s1. The van der Waals surface area contributed by atoms with Crippen LogP contribution in [0.5, 0.6) is 5.75 Å². The van der Waals surface area contributed by atoms with Crippen LogP contribution in [0.15, 0.2) is 65.1 Å². The highest BCUT2D eigenvalue weighted by Gasteiger charge is 2.12. The summed E-state index contributed by atoms with van der Waals surface area (Å²) in [5.41, 5.74) is 6.42. The molecule has 4 aromatic rings. The number of hydrogen-bond donors (Lipinski definition) is 1. The van der Waals surface area contributed by atoms with E-state index >= 15 is 0 Å². The van der Waals surface area contributed by atoms with Crippen LogP contribution in [0.3, 0.4) is 0 Å². The number of amides is 1. The van der Waals surface area contributed by atoms with Gasteiger partial charge in [0.1, 0.15) is 11.3 Å². The van der Waals surface area contributed by atoms with Crippen LogP contribution in [0.1, 0.15) is 42.9 Å². The number of nitrogens with zero attached hydrogens (tertiary/aromatic N) is 1. The Morgan fingerprint density at radius 1 is 1.06 bits per heavy atom. The smallest absolute Gasteiger partial charge is 0.262 e. The van der Waals surface area contributed by atoms with E-state index in [9.17, 15) is 4.79 Å². The first-order valence-corrected chi connectivity index (χ1v) is 10.9. The lowest BCUT2D eigenvalue weighted by Gasteiger charge is -2.12. The average molecular weight is 429 g/mol. The van der Waals surface area contributed by atoms with Gasteiger partial charge in [0.15, 0.2) is 12.2 Å². The Hall–Kier alpha value is -3.60. The third-order valence-electron chi connectivity index (χ3n) is 5.73. The zero-order valence-corrected chi connectivity index (χ0v) is 18.9. The summed E-state index contributed by atoms with van der Waals surface area (Å²) in [6.07, 6.45) is 1.09. The largest absolute Gasteiger partial charge is 0.484 e. The molecule has 0 aliphatic rings. The number of anilines is 1. The van der Waals surface area contributed by atoms with Crippen molar-refractivity contribution in [2.75, 3.05) is 11.9 Å². The lowest BCUT2D eigenvalue weighted by Crippen LogP contribution is -2.20. The van der Waals surface area contributed by atoms with Crippen LogP contribution in [0.25, 0.3) is 22.6 Å². The maximum absolute atomic E-state index is 12.5. The minimum absolute atomic E-state index is 0.0610. The van der Waals surface area contributed by atoms with Crippen molar-refractivity contribution in [2.45, 2.75) is 40.0 Å². The van der Waals surface area contributed by atoms with Crippen molar-refractivity contribution in [2.24, 2.45) is 0 Å². The maximum Gasteiger partial charge on any atom is 0.262 e. The molecule has 1 amide bonds. The Kier molecular flexibility index (Phi) is 6.26. The number of benzene rings is 3. The van der Waals surface area contributed by atoms with Crippen molar-refractivity contribution in [3.8, 4) is 17.2 Å². The first kappa shape index (κ1) is 21.6. The van der Waals surface area contributed by atoms with Gasteiger partial charge in [0, 0.05) is 11.3 Å². The number of nitrogens with one attached hydrogen (secondary N) is 1. The summed E-state index contributed by atoms with van der Waals surface area (Å²) in [6, 6.07) is 19.6. The molecule has 1 N–H and O–H groups in total. The van der Waals surface area contributed by atoms with E-state index < -0.39 is 0 Å². The zero-order valence-electron chi connectivity index (χ0n) is 18.9. The number of ether oxygens (including phenoxy) is 1. The van der Waals surface area contributed by atoms with Crippen molar-refractivity contribution in [3.05, 3.63) is 77.4 Å². The van der Waals surface area contributed by atoms with E-state index in [-0.39, 0.29) is 12.5 Å².